The first-order valence-electron chi connectivity index (χ1n) is 8.91. The van der Waals surface area contributed by atoms with Gasteiger partial charge in [0.1, 0.15) is 5.82 Å². The lowest BCUT2D eigenvalue weighted by Crippen LogP contribution is -2.45. The van der Waals surface area contributed by atoms with E-state index in [0.29, 0.717) is 25.2 Å². The summed E-state index contributed by atoms with van der Waals surface area (Å²) in [6.45, 7) is 3.36. The molecule has 1 aliphatic rings. The summed E-state index contributed by atoms with van der Waals surface area (Å²) in [7, 11) is 0. The molecule has 2 aromatic rings. The molecule has 2 amide bonds. The Kier molecular flexibility index (Phi) is 5.66. The molecule has 3 rings (SSSR count). The molecule has 26 heavy (non-hydrogen) atoms. The zero-order valence-electron chi connectivity index (χ0n) is 14.9. The number of carbonyl (C=O) groups is 2. The number of piperidine rings is 1. The number of nitrogens with one attached hydrogen (secondary N) is 1. The van der Waals surface area contributed by atoms with Gasteiger partial charge in [-0.2, -0.15) is 0 Å². The Morgan fingerprint density at radius 1 is 1.19 bits per heavy atom. The Bertz CT molecular complexity index is 789. The number of nitrogens with zero attached hydrogens (tertiary/aromatic N) is 1. The third-order valence-electron chi connectivity index (χ3n) is 4.73. The minimum atomic E-state index is -0.315. The average molecular weight is 354 g/mol. The maximum absolute atomic E-state index is 13.2. The van der Waals surface area contributed by atoms with Crippen LogP contribution < -0.4 is 5.32 Å². The van der Waals surface area contributed by atoms with E-state index in [0.717, 1.165) is 24.0 Å². The van der Waals surface area contributed by atoms with Crippen molar-refractivity contribution < 1.29 is 14.0 Å². The lowest BCUT2D eigenvalue weighted by Gasteiger charge is -2.32. The highest BCUT2D eigenvalue weighted by Crippen LogP contribution is 2.19. The second-order valence-corrected chi connectivity index (χ2v) is 6.80. The van der Waals surface area contributed by atoms with Gasteiger partial charge in [0.2, 0.25) is 5.91 Å². The van der Waals surface area contributed by atoms with Crippen LogP contribution in [-0.4, -0.2) is 29.8 Å². The fourth-order valence-electron chi connectivity index (χ4n) is 3.23. The molecule has 0 aliphatic carbocycles. The molecule has 1 aliphatic heterocycles. The molecule has 4 nitrogen and oxygen atoms in total. The first-order chi connectivity index (χ1) is 12.5. The van der Waals surface area contributed by atoms with Crippen LogP contribution in [0.5, 0.6) is 0 Å². The highest BCUT2D eigenvalue weighted by molar-refractivity contribution is 5.94. The number of hydrogen-bond acceptors (Lipinski definition) is 2. The van der Waals surface area contributed by atoms with Crippen molar-refractivity contribution in [2.45, 2.75) is 26.3 Å². The standard InChI is InChI=1S/C21H23FN2O2/c1-15-7-9-17(10-8-15)21(26)24-11-3-5-18(14-24)20(25)23-13-16-4-2-6-19(22)12-16/h2,4,6-10,12,18H,3,5,11,13-14H2,1H3,(H,23,25). The van der Waals surface area contributed by atoms with Crippen LogP contribution in [0.4, 0.5) is 4.39 Å². The Morgan fingerprint density at radius 2 is 1.96 bits per heavy atom. The van der Waals surface area contributed by atoms with Crippen LogP contribution in [0.15, 0.2) is 48.5 Å². The minimum absolute atomic E-state index is 0.0346. The molecule has 1 heterocycles. The summed E-state index contributed by atoms with van der Waals surface area (Å²) < 4.78 is 13.2. The van der Waals surface area contributed by atoms with Gasteiger partial charge in [-0.15, -0.1) is 0 Å². The molecule has 1 unspecified atom stereocenters. The first kappa shape index (κ1) is 18.1. The normalized spacial score (nSPS) is 17.0. The number of benzene rings is 2. The maximum atomic E-state index is 13.2. The third-order valence-corrected chi connectivity index (χ3v) is 4.73. The molecule has 0 saturated carbocycles. The molecule has 1 atom stereocenters. The Morgan fingerprint density at radius 3 is 2.69 bits per heavy atom. The van der Waals surface area contributed by atoms with E-state index < -0.39 is 0 Å². The van der Waals surface area contributed by atoms with Crippen molar-refractivity contribution >= 4 is 11.8 Å². The Balaban J connectivity index is 1.58. The van der Waals surface area contributed by atoms with Gasteiger partial charge in [-0.25, -0.2) is 4.39 Å². The van der Waals surface area contributed by atoms with E-state index in [4.69, 9.17) is 0 Å². The number of halogens is 1. The van der Waals surface area contributed by atoms with Crippen molar-refractivity contribution in [3.63, 3.8) is 0 Å². The Labute approximate surface area is 153 Å². The monoisotopic (exact) mass is 354 g/mol. The van der Waals surface area contributed by atoms with Crippen LogP contribution in [0.2, 0.25) is 0 Å². The van der Waals surface area contributed by atoms with Gasteiger partial charge in [-0.3, -0.25) is 9.59 Å². The highest BCUT2D eigenvalue weighted by atomic mass is 19.1. The summed E-state index contributed by atoms with van der Waals surface area (Å²) in [6, 6.07) is 13.7. The zero-order valence-corrected chi connectivity index (χ0v) is 14.9. The summed E-state index contributed by atoms with van der Waals surface area (Å²) in [5, 5.41) is 2.86. The molecular weight excluding hydrogens is 331 g/mol. The molecule has 0 radical (unpaired) electrons. The van der Waals surface area contributed by atoms with E-state index in [9.17, 15) is 14.0 Å². The SMILES string of the molecule is Cc1ccc(C(=O)N2CCCC(C(=O)NCc3cccc(F)c3)C2)cc1. The molecule has 1 fully saturated rings. The van der Waals surface area contributed by atoms with Crippen LogP contribution in [0, 0.1) is 18.7 Å². The van der Waals surface area contributed by atoms with E-state index in [1.165, 1.54) is 12.1 Å². The van der Waals surface area contributed by atoms with Gasteiger partial charge in [-0.05, 0) is 49.6 Å². The lowest BCUT2D eigenvalue weighted by atomic mass is 9.96. The zero-order chi connectivity index (χ0) is 18.5. The molecule has 1 N–H and O–H groups in total. The van der Waals surface area contributed by atoms with Crippen molar-refractivity contribution in [2.24, 2.45) is 5.92 Å². The predicted octanol–water partition coefficient (Wildman–Crippen LogP) is 3.30. The van der Waals surface area contributed by atoms with Crippen LogP contribution in [0.1, 0.15) is 34.3 Å². The number of carbonyl (C=O) groups excluding carboxylic acids is 2. The second kappa shape index (κ2) is 8.13. The van der Waals surface area contributed by atoms with E-state index in [2.05, 4.69) is 5.32 Å². The molecule has 0 bridgehead atoms. The fraction of sp³-hybridized carbons (Fsp3) is 0.333. The van der Waals surface area contributed by atoms with Gasteiger partial charge >= 0.3 is 0 Å². The van der Waals surface area contributed by atoms with Crippen molar-refractivity contribution in [3.05, 3.63) is 71.0 Å². The molecular formula is C21H23FN2O2. The summed E-state index contributed by atoms with van der Waals surface area (Å²) >= 11 is 0. The first-order valence-corrected chi connectivity index (χ1v) is 8.91. The molecule has 0 aromatic heterocycles. The van der Waals surface area contributed by atoms with Gasteiger partial charge in [0.25, 0.3) is 5.91 Å². The van der Waals surface area contributed by atoms with E-state index >= 15 is 0 Å². The van der Waals surface area contributed by atoms with Crippen LogP contribution in [-0.2, 0) is 11.3 Å². The highest BCUT2D eigenvalue weighted by Gasteiger charge is 2.28. The van der Waals surface area contributed by atoms with Crippen LogP contribution in [0.25, 0.3) is 0 Å². The van der Waals surface area contributed by atoms with Gasteiger partial charge in [0.15, 0.2) is 0 Å². The third kappa shape index (κ3) is 4.48. The quantitative estimate of drug-likeness (QED) is 0.916. The molecule has 2 aromatic carbocycles. The summed E-state index contributed by atoms with van der Waals surface area (Å²) in [5.41, 5.74) is 2.48. The molecule has 136 valence electrons. The number of amides is 2. The number of hydrogen-bond donors (Lipinski definition) is 1. The molecule has 1 saturated heterocycles. The van der Waals surface area contributed by atoms with E-state index in [-0.39, 0.29) is 23.5 Å². The molecule has 5 heteroatoms. The predicted molar refractivity (Wildman–Crippen MR) is 98.1 cm³/mol. The van der Waals surface area contributed by atoms with Gasteiger partial charge in [0, 0.05) is 25.2 Å². The van der Waals surface area contributed by atoms with Gasteiger partial charge in [0.05, 0.1) is 5.92 Å². The number of likely N-dealkylation sites (tertiary alicyclic amines) is 1. The van der Waals surface area contributed by atoms with E-state index in [1.807, 2.05) is 31.2 Å². The van der Waals surface area contributed by atoms with Crippen molar-refractivity contribution in [3.8, 4) is 0 Å². The maximum Gasteiger partial charge on any atom is 0.253 e. The fourth-order valence-corrected chi connectivity index (χ4v) is 3.23. The van der Waals surface area contributed by atoms with Gasteiger partial charge in [-0.1, -0.05) is 29.8 Å². The van der Waals surface area contributed by atoms with E-state index in [1.54, 1.807) is 17.0 Å². The smallest absolute Gasteiger partial charge is 0.253 e. The topological polar surface area (TPSA) is 49.4 Å². The average Bonchev–Trinajstić information content (AvgIpc) is 2.66. The lowest BCUT2D eigenvalue weighted by molar-refractivity contribution is -0.126. The number of aryl methyl sites for hydroxylation is 1. The summed E-state index contributed by atoms with van der Waals surface area (Å²) in [6.07, 6.45) is 1.56. The Hall–Kier alpha value is -2.69. The second-order valence-electron chi connectivity index (χ2n) is 6.80. The van der Waals surface area contributed by atoms with Crippen LogP contribution in [0.3, 0.4) is 0 Å². The van der Waals surface area contributed by atoms with Gasteiger partial charge < -0.3 is 10.2 Å². The summed E-state index contributed by atoms with van der Waals surface area (Å²) in [4.78, 5) is 26.9. The van der Waals surface area contributed by atoms with Crippen molar-refractivity contribution in [1.29, 1.82) is 0 Å². The summed E-state index contributed by atoms with van der Waals surface area (Å²) in [5.74, 6) is -0.667. The number of rotatable bonds is 4. The molecule has 0 spiro atoms. The van der Waals surface area contributed by atoms with Crippen molar-refractivity contribution in [2.75, 3.05) is 13.1 Å². The van der Waals surface area contributed by atoms with Crippen LogP contribution >= 0.6 is 0 Å². The minimum Gasteiger partial charge on any atom is -0.352 e. The van der Waals surface area contributed by atoms with Crippen molar-refractivity contribution in [1.82, 2.24) is 10.2 Å². The largest absolute Gasteiger partial charge is 0.352 e.